The summed E-state index contributed by atoms with van der Waals surface area (Å²) < 4.78 is 9.36. The van der Waals surface area contributed by atoms with E-state index in [1.54, 1.807) is 0 Å². The Morgan fingerprint density at radius 2 is 1.07 bits per heavy atom. The molecule has 0 fully saturated rings. The molecule has 3 aromatic heterocycles. The minimum Gasteiger partial charge on any atom is -0.446 e. The summed E-state index contributed by atoms with van der Waals surface area (Å²) in [6.45, 7) is 15.4. The van der Waals surface area contributed by atoms with Crippen molar-refractivity contribution in [2.24, 2.45) is 31.8 Å². The van der Waals surface area contributed by atoms with Gasteiger partial charge in [0.15, 0.2) is 5.69 Å². The molecule has 3 N–H and O–H groups in total. The maximum absolute atomic E-state index is 13.6. The van der Waals surface area contributed by atoms with Crippen LogP contribution in [0.2, 0.25) is 0 Å². The van der Waals surface area contributed by atoms with Gasteiger partial charge in [0.2, 0.25) is 5.89 Å². The summed E-state index contributed by atoms with van der Waals surface area (Å²) >= 11 is 0. The van der Waals surface area contributed by atoms with E-state index in [2.05, 4.69) is 20.9 Å². The number of rotatable bonds is 3. The molecule has 216 valence electrons. The molecule has 0 aromatic carbocycles. The molecule has 0 unspecified atom stereocenters. The van der Waals surface area contributed by atoms with Gasteiger partial charge in [-0.05, 0) is 31.6 Å². The van der Waals surface area contributed by atoms with Crippen LogP contribution in [0.4, 0.5) is 0 Å². The molecule has 6 bridgehead atoms. The van der Waals surface area contributed by atoms with E-state index in [0.29, 0.717) is 23.0 Å². The number of hydrogen-bond acceptors (Lipinski definition) is 7. The lowest BCUT2D eigenvalue weighted by molar-refractivity contribution is 0.0908. The van der Waals surface area contributed by atoms with E-state index in [-0.39, 0.29) is 46.6 Å². The third-order valence-electron chi connectivity index (χ3n) is 7.70. The Morgan fingerprint density at radius 1 is 0.675 bits per heavy atom. The van der Waals surface area contributed by atoms with E-state index in [1.807, 2.05) is 78.6 Å². The van der Waals surface area contributed by atoms with Gasteiger partial charge in [-0.25, -0.2) is 15.0 Å². The molecule has 3 amide bonds. The zero-order chi connectivity index (χ0) is 29.6. The van der Waals surface area contributed by atoms with Crippen molar-refractivity contribution in [2.75, 3.05) is 0 Å². The van der Waals surface area contributed by atoms with Crippen molar-refractivity contribution in [1.29, 1.82) is 0 Å². The van der Waals surface area contributed by atoms with Crippen molar-refractivity contribution < 1.29 is 18.8 Å². The van der Waals surface area contributed by atoms with E-state index in [9.17, 15) is 14.4 Å². The summed E-state index contributed by atoms with van der Waals surface area (Å²) in [5.41, 5.74) is 1.90. The average Bonchev–Trinajstić information content (AvgIpc) is 3.56. The summed E-state index contributed by atoms with van der Waals surface area (Å²) in [4.78, 5) is 54.3. The van der Waals surface area contributed by atoms with Crippen molar-refractivity contribution >= 4 is 17.7 Å². The maximum Gasteiger partial charge on any atom is 0.273 e. The van der Waals surface area contributed by atoms with E-state index in [4.69, 9.17) is 14.4 Å². The Hall–Kier alpha value is -3.96. The first-order chi connectivity index (χ1) is 18.7. The van der Waals surface area contributed by atoms with Crippen molar-refractivity contribution in [3.63, 3.8) is 0 Å². The fourth-order valence-electron chi connectivity index (χ4n) is 4.93. The Balaban J connectivity index is 1.90. The van der Waals surface area contributed by atoms with Gasteiger partial charge in [0.05, 0.1) is 12.1 Å². The fourth-order valence-corrected chi connectivity index (χ4v) is 4.93. The van der Waals surface area contributed by atoms with Gasteiger partial charge in [0.1, 0.15) is 35.3 Å². The Morgan fingerprint density at radius 3 is 1.50 bits per heavy atom. The Labute approximate surface area is 234 Å². The molecular weight excluding hydrogens is 512 g/mol. The van der Waals surface area contributed by atoms with Crippen LogP contribution in [0.3, 0.4) is 0 Å². The normalized spacial score (nSPS) is 20.4. The molecule has 4 rings (SSSR count). The number of carbonyl (C=O) groups excluding carboxylic acids is 3. The van der Waals surface area contributed by atoms with Crippen LogP contribution < -0.4 is 16.0 Å². The first-order valence-electron chi connectivity index (χ1n) is 13.7. The second-order valence-corrected chi connectivity index (χ2v) is 11.6. The molecule has 3 aromatic rings. The highest BCUT2D eigenvalue weighted by Gasteiger charge is 2.33. The number of aromatic nitrogens is 5. The lowest BCUT2D eigenvalue weighted by Gasteiger charge is -2.22. The Kier molecular flexibility index (Phi) is 7.91. The summed E-state index contributed by atoms with van der Waals surface area (Å²) in [5.74, 6) is -0.0289. The van der Waals surface area contributed by atoms with Gasteiger partial charge in [-0.15, -0.1) is 0 Å². The van der Waals surface area contributed by atoms with Gasteiger partial charge in [-0.3, -0.25) is 14.4 Å². The predicted molar refractivity (Wildman–Crippen MR) is 148 cm³/mol. The molecule has 0 spiro atoms. The van der Waals surface area contributed by atoms with Crippen molar-refractivity contribution in [3.8, 4) is 0 Å². The lowest BCUT2D eigenvalue weighted by Crippen LogP contribution is -2.35. The SMILES string of the molecule is Cc1c2nc(n1C)[C@H](C(C)C)NC(=O)c1coc(n1)[C@H](C(C)C)NC(=O)c1nc(n(C)c1C)[C@H](C(C)C)NC2=O. The van der Waals surface area contributed by atoms with Crippen LogP contribution in [0.1, 0.15) is 120 Å². The van der Waals surface area contributed by atoms with Gasteiger partial charge >= 0.3 is 0 Å². The van der Waals surface area contributed by atoms with Crippen molar-refractivity contribution in [2.45, 2.75) is 73.5 Å². The summed E-state index contributed by atoms with van der Waals surface area (Å²) in [5, 5.41) is 9.10. The summed E-state index contributed by atoms with van der Waals surface area (Å²) in [6.07, 6.45) is 1.29. The predicted octanol–water partition coefficient (Wildman–Crippen LogP) is 3.45. The highest BCUT2D eigenvalue weighted by Crippen LogP contribution is 2.28. The number of carbonyl (C=O) groups is 3. The molecule has 4 heterocycles. The van der Waals surface area contributed by atoms with Gasteiger partial charge in [-0.2, -0.15) is 0 Å². The zero-order valence-corrected chi connectivity index (χ0v) is 24.9. The molecule has 12 nitrogen and oxygen atoms in total. The molecule has 0 radical (unpaired) electrons. The van der Waals surface area contributed by atoms with Crippen LogP contribution in [0.25, 0.3) is 0 Å². The van der Waals surface area contributed by atoms with Gasteiger partial charge < -0.3 is 29.5 Å². The van der Waals surface area contributed by atoms with Crippen LogP contribution in [0, 0.1) is 31.6 Å². The fraction of sp³-hybridized carbons (Fsp3) is 0.571. The van der Waals surface area contributed by atoms with Crippen LogP contribution in [0.5, 0.6) is 0 Å². The number of oxazole rings is 1. The molecular formula is C28H40N8O4. The van der Waals surface area contributed by atoms with Crippen molar-refractivity contribution in [1.82, 2.24) is 40.0 Å². The highest BCUT2D eigenvalue weighted by molar-refractivity contribution is 5.95. The minimum atomic E-state index is -0.598. The quantitative estimate of drug-likeness (QED) is 0.450. The van der Waals surface area contributed by atoms with Crippen molar-refractivity contribution in [3.05, 3.63) is 52.3 Å². The lowest BCUT2D eigenvalue weighted by atomic mass is 10.0. The topological polar surface area (TPSA) is 149 Å². The number of nitrogens with one attached hydrogen (secondary N) is 3. The monoisotopic (exact) mass is 552 g/mol. The van der Waals surface area contributed by atoms with E-state index in [1.165, 1.54) is 6.26 Å². The third-order valence-corrected chi connectivity index (χ3v) is 7.70. The number of hydrogen-bond donors (Lipinski definition) is 3. The highest BCUT2D eigenvalue weighted by atomic mass is 16.3. The minimum absolute atomic E-state index is 0.0358. The molecule has 40 heavy (non-hydrogen) atoms. The number of imidazole rings is 2. The third kappa shape index (κ3) is 5.14. The second kappa shape index (κ2) is 10.9. The standard InChI is InChI=1S/C28H40N8O4/c1-12(2)18-23-30-21(15(7)35(23)9)26(38)33-19(13(3)4)24-31-22(16(8)36(24)10)27(39)34-20(14(5)6)28-29-17(11-40-28)25(37)32-18/h11-14,18-20H,1-10H3,(H,32,37)(H,33,38)(H,34,39)/t18-,19-,20-/m0/s1. The first-order valence-corrected chi connectivity index (χ1v) is 13.7. The first kappa shape index (κ1) is 29.0. The molecule has 3 atom stereocenters. The second-order valence-electron chi connectivity index (χ2n) is 11.6. The van der Waals surface area contributed by atoms with Crippen LogP contribution in [0.15, 0.2) is 10.7 Å². The number of fused-ring (bicyclic) bond motifs is 6. The average molecular weight is 553 g/mol. The van der Waals surface area contributed by atoms with E-state index < -0.39 is 29.9 Å². The van der Waals surface area contributed by atoms with Gasteiger partial charge in [0.25, 0.3) is 17.7 Å². The van der Waals surface area contributed by atoms with Crippen LogP contribution >= 0.6 is 0 Å². The number of amides is 3. The number of nitrogens with zero attached hydrogens (tertiary/aromatic N) is 5. The molecule has 1 aliphatic heterocycles. The van der Waals surface area contributed by atoms with Crippen LogP contribution in [-0.4, -0.2) is 41.8 Å². The smallest absolute Gasteiger partial charge is 0.273 e. The molecule has 12 heteroatoms. The molecule has 0 aliphatic carbocycles. The van der Waals surface area contributed by atoms with E-state index in [0.717, 1.165) is 0 Å². The summed E-state index contributed by atoms with van der Waals surface area (Å²) in [6, 6.07) is -1.59. The molecule has 0 saturated carbocycles. The van der Waals surface area contributed by atoms with Gasteiger partial charge in [-0.1, -0.05) is 41.5 Å². The summed E-state index contributed by atoms with van der Waals surface area (Å²) in [7, 11) is 3.65. The largest absolute Gasteiger partial charge is 0.446 e. The Bertz CT molecular complexity index is 1440. The zero-order valence-electron chi connectivity index (χ0n) is 24.9. The van der Waals surface area contributed by atoms with Gasteiger partial charge in [0, 0.05) is 25.5 Å². The van der Waals surface area contributed by atoms with E-state index >= 15 is 0 Å². The molecule has 0 saturated heterocycles. The molecule has 1 aliphatic rings. The van der Waals surface area contributed by atoms with Crippen LogP contribution in [-0.2, 0) is 14.1 Å². The maximum atomic E-state index is 13.6.